The summed E-state index contributed by atoms with van der Waals surface area (Å²) in [5, 5.41) is 13.0. The van der Waals surface area contributed by atoms with Crippen LogP contribution in [0, 0.1) is 23.3 Å². The number of hydrogen-bond donors (Lipinski definition) is 1. The molecule has 3 aliphatic rings. The molecule has 1 amide bonds. The van der Waals surface area contributed by atoms with E-state index in [1.165, 1.54) is 16.7 Å². The number of aryl methyl sites for hydroxylation is 2. The van der Waals surface area contributed by atoms with Gasteiger partial charge in [0, 0.05) is 41.2 Å². The number of hydrogen-bond acceptors (Lipinski definition) is 5. The Balaban J connectivity index is 1.25. The number of nitrogens with one attached hydrogen (secondary N) is 1. The Bertz CT molecular complexity index is 1070. The molecular weight excluding hydrogens is 526 g/mol. The van der Waals surface area contributed by atoms with Crippen LogP contribution in [0.4, 0.5) is 0 Å². The second kappa shape index (κ2) is 10.9. The number of aromatic nitrogens is 1. The van der Waals surface area contributed by atoms with E-state index in [0.717, 1.165) is 86.4 Å². The van der Waals surface area contributed by atoms with Crippen molar-refractivity contribution in [1.82, 2.24) is 20.1 Å². The number of piperidine rings is 2. The minimum atomic E-state index is 0.0539. The molecule has 0 bridgehead atoms. The molecule has 0 saturated carbocycles. The van der Waals surface area contributed by atoms with E-state index in [0.29, 0.717) is 5.92 Å². The van der Waals surface area contributed by atoms with Gasteiger partial charge in [0.25, 0.3) is 0 Å². The summed E-state index contributed by atoms with van der Waals surface area (Å²) in [6.45, 7) is 4.05. The van der Waals surface area contributed by atoms with Crippen LogP contribution in [0.15, 0.2) is 34.9 Å². The summed E-state index contributed by atoms with van der Waals surface area (Å²) in [6.07, 6.45) is 9.66. The fraction of sp³-hybridized carbons (Fsp3) is 0.519. The fourth-order valence-electron chi connectivity index (χ4n) is 5.83. The highest BCUT2D eigenvalue weighted by molar-refractivity contribution is 9.10. The molecule has 6 nitrogen and oxygen atoms in total. The number of nitrogens with zero attached hydrogens (tertiary/aromatic N) is 4. The van der Waals surface area contributed by atoms with Crippen molar-refractivity contribution in [3.63, 3.8) is 0 Å². The van der Waals surface area contributed by atoms with Crippen molar-refractivity contribution in [3.05, 3.63) is 62.3 Å². The molecule has 2 saturated heterocycles. The predicted molar refractivity (Wildman–Crippen MR) is 140 cm³/mol. The van der Waals surface area contributed by atoms with Gasteiger partial charge in [-0.15, -0.1) is 0 Å². The quantitative estimate of drug-likeness (QED) is 0.553. The number of rotatable bonds is 4. The highest BCUT2D eigenvalue weighted by Crippen LogP contribution is 2.39. The van der Waals surface area contributed by atoms with Gasteiger partial charge in [-0.2, -0.15) is 5.26 Å². The summed E-state index contributed by atoms with van der Waals surface area (Å²) in [5.41, 5.74) is 4.98. The maximum absolute atomic E-state index is 12.9. The van der Waals surface area contributed by atoms with Crippen molar-refractivity contribution in [2.45, 2.75) is 44.6 Å². The normalized spacial score (nSPS) is 21.5. The second-order valence-electron chi connectivity index (χ2n) is 10.0. The van der Waals surface area contributed by atoms with Crippen LogP contribution in [-0.4, -0.2) is 53.4 Å². The lowest BCUT2D eigenvalue weighted by Crippen LogP contribution is -2.44. The van der Waals surface area contributed by atoms with E-state index in [-0.39, 0.29) is 17.9 Å². The topological polar surface area (TPSA) is 72.3 Å². The van der Waals surface area contributed by atoms with Gasteiger partial charge in [-0.1, -0.05) is 17.7 Å². The van der Waals surface area contributed by atoms with Gasteiger partial charge in [-0.05, 0) is 108 Å². The number of amides is 1. The second-order valence-corrected chi connectivity index (χ2v) is 11.4. The molecule has 1 unspecified atom stereocenters. The van der Waals surface area contributed by atoms with Gasteiger partial charge in [0.05, 0.1) is 11.7 Å². The number of carbonyl (C=O) groups is 1. The van der Waals surface area contributed by atoms with Crippen LogP contribution in [0.5, 0.6) is 0 Å². The van der Waals surface area contributed by atoms with Crippen LogP contribution in [0.1, 0.15) is 54.1 Å². The van der Waals surface area contributed by atoms with E-state index in [1.807, 2.05) is 12.3 Å². The molecule has 3 heterocycles. The van der Waals surface area contributed by atoms with Crippen molar-refractivity contribution in [2.75, 3.05) is 32.7 Å². The van der Waals surface area contributed by atoms with E-state index < -0.39 is 0 Å². The summed E-state index contributed by atoms with van der Waals surface area (Å²) in [5.74, 6) is 0.709. The molecule has 184 valence electrons. The Morgan fingerprint density at radius 3 is 2.60 bits per heavy atom. The average molecular weight is 557 g/mol. The summed E-state index contributed by atoms with van der Waals surface area (Å²) >= 11 is 9.95. The number of likely N-dealkylation sites (tertiary alicyclic amines) is 2. The first-order valence-electron chi connectivity index (χ1n) is 12.6. The van der Waals surface area contributed by atoms with Gasteiger partial charge in [0.2, 0.25) is 5.91 Å². The van der Waals surface area contributed by atoms with Gasteiger partial charge < -0.3 is 10.2 Å². The molecule has 0 radical (unpaired) electrons. The predicted octanol–water partition coefficient (Wildman–Crippen LogP) is 4.71. The van der Waals surface area contributed by atoms with E-state index in [1.54, 1.807) is 4.90 Å². The van der Waals surface area contributed by atoms with E-state index >= 15 is 0 Å². The Labute approximate surface area is 220 Å². The van der Waals surface area contributed by atoms with Crippen molar-refractivity contribution in [2.24, 2.45) is 11.8 Å². The maximum atomic E-state index is 12.9. The Morgan fingerprint density at radius 2 is 1.86 bits per heavy atom. The van der Waals surface area contributed by atoms with Crippen molar-refractivity contribution < 1.29 is 4.79 Å². The average Bonchev–Trinajstić information content (AvgIpc) is 3.04. The zero-order valence-corrected chi connectivity index (χ0v) is 22.2. The molecule has 2 fully saturated rings. The smallest absolute Gasteiger partial charge is 0.223 e. The molecule has 35 heavy (non-hydrogen) atoms. The largest absolute Gasteiger partial charge is 0.356 e. The first-order chi connectivity index (χ1) is 17.0. The third-order valence-corrected chi connectivity index (χ3v) is 8.55. The lowest BCUT2D eigenvalue weighted by molar-refractivity contribution is -0.126. The molecule has 1 aromatic heterocycles. The standard InChI is InChI=1S/C27H31BrClN5O/c28-22-13-21-2-1-20-14-23(29)3-4-24(20)26(25(21)31-16-22)34-11-7-19(8-12-34)27(35)32-15-18-5-9-33(17-30)10-6-18/h3-4,13-14,16,18-19,26H,1-2,5-12,15H2,(H,32,35). The van der Waals surface area contributed by atoms with Crippen LogP contribution in [0.3, 0.4) is 0 Å². The minimum Gasteiger partial charge on any atom is -0.356 e. The molecule has 1 atom stereocenters. The minimum absolute atomic E-state index is 0.0539. The molecule has 5 rings (SSSR count). The number of nitriles is 1. The molecule has 8 heteroatoms. The number of benzene rings is 1. The van der Waals surface area contributed by atoms with E-state index in [9.17, 15) is 4.79 Å². The Hall–Kier alpha value is -2.14. The van der Waals surface area contributed by atoms with E-state index in [2.05, 4.69) is 50.5 Å². The van der Waals surface area contributed by atoms with Crippen LogP contribution >= 0.6 is 27.5 Å². The number of carbonyl (C=O) groups excluding carboxylic acids is 1. The highest BCUT2D eigenvalue weighted by atomic mass is 79.9. The monoisotopic (exact) mass is 555 g/mol. The van der Waals surface area contributed by atoms with E-state index in [4.69, 9.17) is 21.8 Å². The summed E-state index contributed by atoms with van der Waals surface area (Å²) in [7, 11) is 0. The summed E-state index contributed by atoms with van der Waals surface area (Å²) < 4.78 is 1.01. The van der Waals surface area contributed by atoms with Gasteiger partial charge in [-0.25, -0.2) is 0 Å². The van der Waals surface area contributed by atoms with Crippen LogP contribution in [0.2, 0.25) is 5.02 Å². The van der Waals surface area contributed by atoms with Crippen LogP contribution in [0.25, 0.3) is 0 Å². The van der Waals surface area contributed by atoms with Crippen molar-refractivity contribution >= 4 is 33.4 Å². The third kappa shape index (κ3) is 5.50. The zero-order valence-electron chi connectivity index (χ0n) is 19.9. The molecule has 2 aliphatic heterocycles. The number of halogens is 2. The SMILES string of the molecule is N#CN1CCC(CNC(=O)C2CCN(C3c4ccc(Cl)cc4CCc4cc(Br)cnc43)CC2)CC1. The molecule has 1 aliphatic carbocycles. The van der Waals surface area contributed by atoms with Gasteiger partial charge in [0.1, 0.15) is 0 Å². The lowest BCUT2D eigenvalue weighted by atomic mass is 9.90. The maximum Gasteiger partial charge on any atom is 0.223 e. The van der Waals surface area contributed by atoms with Gasteiger partial charge in [-0.3, -0.25) is 14.7 Å². The molecule has 1 N–H and O–H groups in total. The van der Waals surface area contributed by atoms with Crippen LogP contribution < -0.4 is 5.32 Å². The molecule has 0 spiro atoms. The van der Waals surface area contributed by atoms with Crippen LogP contribution in [-0.2, 0) is 17.6 Å². The third-order valence-electron chi connectivity index (χ3n) is 7.88. The molecule has 1 aromatic carbocycles. The zero-order chi connectivity index (χ0) is 24.4. The van der Waals surface area contributed by atoms with Gasteiger partial charge in [0.15, 0.2) is 6.19 Å². The number of fused-ring (bicyclic) bond motifs is 2. The Morgan fingerprint density at radius 1 is 1.11 bits per heavy atom. The Kier molecular flexibility index (Phi) is 7.62. The first-order valence-corrected chi connectivity index (χ1v) is 13.8. The fourth-order valence-corrected chi connectivity index (χ4v) is 6.40. The lowest BCUT2D eigenvalue weighted by Gasteiger charge is -2.38. The number of pyridine rings is 1. The summed E-state index contributed by atoms with van der Waals surface area (Å²) in [6, 6.07) is 8.54. The van der Waals surface area contributed by atoms with Crippen molar-refractivity contribution in [1.29, 1.82) is 5.26 Å². The molecular formula is C27H31BrClN5O. The molecule has 2 aromatic rings. The van der Waals surface area contributed by atoms with Crippen molar-refractivity contribution in [3.8, 4) is 6.19 Å². The first kappa shape index (κ1) is 24.5. The van der Waals surface area contributed by atoms with Gasteiger partial charge >= 0.3 is 0 Å². The summed E-state index contributed by atoms with van der Waals surface area (Å²) in [4.78, 5) is 22.1. The highest BCUT2D eigenvalue weighted by Gasteiger charge is 2.34.